The van der Waals surface area contributed by atoms with Gasteiger partial charge in [-0.3, -0.25) is 0 Å². The van der Waals surface area contributed by atoms with Gasteiger partial charge in [0.25, 0.3) is 0 Å². The summed E-state index contributed by atoms with van der Waals surface area (Å²) in [5.74, 6) is -0.213. The molecule has 1 rings (SSSR count). The van der Waals surface area contributed by atoms with Crippen molar-refractivity contribution in [2.75, 3.05) is 13.7 Å². The van der Waals surface area contributed by atoms with Crippen LogP contribution >= 0.6 is 0 Å². The van der Waals surface area contributed by atoms with Gasteiger partial charge in [0.15, 0.2) is 0 Å². The number of benzene rings is 1. The molecule has 1 aromatic carbocycles. The molecule has 0 amide bonds. The van der Waals surface area contributed by atoms with Crippen molar-refractivity contribution in [3.63, 3.8) is 0 Å². The summed E-state index contributed by atoms with van der Waals surface area (Å²) >= 11 is 0. The van der Waals surface area contributed by atoms with Crippen LogP contribution in [0.5, 0.6) is 0 Å². The van der Waals surface area contributed by atoms with Gasteiger partial charge in [-0.1, -0.05) is 32.0 Å². The molecular weight excluding hydrogens is 193 g/mol. The van der Waals surface area contributed by atoms with Crippen molar-refractivity contribution in [2.45, 2.75) is 26.0 Å². The molecule has 2 nitrogen and oxygen atoms in total. The second kappa shape index (κ2) is 5.83. The molecular formula is C12H18FNO. The van der Waals surface area contributed by atoms with Gasteiger partial charge in [-0.15, -0.1) is 0 Å². The third kappa shape index (κ3) is 3.61. The highest BCUT2D eigenvalue weighted by Crippen LogP contribution is 2.18. The van der Waals surface area contributed by atoms with Crippen LogP contribution in [0.25, 0.3) is 0 Å². The van der Waals surface area contributed by atoms with E-state index in [1.807, 2.05) is 19.9 Å². The van der Waals surface area contributed by atoms with Crippen molar-refractivity contribution in [3.8, 4) is 0 Å². The lowest BCUT2D eigenvalue weighted by Gasteiger charge is -2.18. The van der Waals surface area contributed by atoms with Gasteiger partial charge in [-0.2, -0.15) is 0 Å². The first-order chi connectivity index (χ1) is 7.15. The van der Waals surface area contributed by atoms with Crippen LogP contribution in [-0.4, -0.2) is 19.7 Å². The van der Waals surface area contributed by atoms with E-state index in [1.165, 1.54) is 6.07 Å². The van der Waals surface area contributed by atoms with E-state index in [0.29, 0.717) is 18.2 Å². The lowest BCUT2D eigenvalue weighted by atomic mass is 10.1. The summed E-state index contributed by atoms with van der Waals surface area (Å²) in [6, 6.07) is 7.08. The molecule has 0 aliphatic carbocycles. The van der Waals surface area contributed by atoms with E-state index in [4.69, 9.17) is 4.74 Å². The highest BCUT2D eigenvalue weighted by atomic mass is 19.1. The highest BCUT2D eigenvalue weighted by molar-refractivity contribution is 5.20. The number of rotatable bonds is 5. The Labute approximate surface area is 90.4 Å². The van der Waals surface area contributed by atoms with E-state index in [2.05, 4.69) is 5.32 Å². The molecule has 0 aromatic heterocycles. The van der Waals surface area contributed by atoms with Crippen molar-refractivity contribution in [1.29, 1.82) is 0 Å². The van der Waals surface area contributed by atoms with Crippen molar-refractivity contribution in [3.05, 3.63) is 35.6 Å². The monoisotopic (exact) mass is 211 g/mol. The van der Waals surface area contributed by atoms with E-state index in [-0.39, 0.29) is 11.9 Å². The zero-order valence-electron chi connectivity index (χ0n) is 9.46. The second-order valence-electron chi connectivity index (χ2n) is 3.81. The van der Waals surface area contributed by atoms with Gasteiger partial charge in [0.1, 0.15) is 5.82 Å². The maximum absolute atomic E-state index is 13.4. The van der Waals surface area contributed by atoms with Gasteiger partial charge in [0.2, 0.25) is 0 Å². The van der Waals surface area contributed by atoms with Crippen LogP contribution in [0.3, 0.4) is 0 Å². The average Bonchev–Trinajstić information content (AvgIpc) is 2.21. The van der Waals surface area contributed by atoms with Crippen LogP contribution in [-0.2, 0) is 4.74 Å². The Balaban J connectivity index is 2.70. The van der Waals surface area contributed by atoms with Gasteiger partial charge in [0.05, 0.1) is 6.10 Å². The fourth-order valence-electron chi connectivity index (χ4n) is 1.40. The molecule has 1 atom stereocenters. The molecule has 0 bridgehead atoms. The smallest absolute Gasteiger partial charge is 0.129 e. The molecule has 0 heterocycles. The summed E-state index contributed by atoms with van der Waals surface area (Å²) in [4.78, 5) is 0. The first-order valence-electron chi connectivity index (χ1n) is 5.15. The molecule has 1 N–H and O–H groups in total. The number of ether oxygens (including phenoxy) is 1. The number of halogens is 1. The zero-order valence-corrected chi connectivity index (χ0v) is 9.46. The van der Waals surface area contributed by atoms with E-state index in [1.54, 1.807) is 19.2 Å². The minimum atomic E-state index is -0.228. The Morgan fingerprint density at radius 1 is 1.33 bits per heavy atom. The Morgan fingerprint density at radius 3 is 2.53 bits per heavy atom. The summed E-state index contributed by atoms with van der Waals surface area (Å²) in [5, 5.41) is 3.23. The summed E-state index contributed by atoms with van der Waals surface area (Å²) < 4.78 is 18.7. The zero-order chi connectivity index (χ0) is 11.3. The Morgan fingerprint density at radius 2 is 2.00 bits per heavy atom. The largest absolute Gasteiger partial charge is 0.375 e. The first-order valence-corrected chi connectivity index (χ1v) is 5.15. The predicted octanol–water partition coefficient (Wildman–Crippen LogP) is 2.51. The second-order valence-corrected chi connectivity index (χ2v) is 3.81. The molecule has 15 heavy (non-hydrogen) atoms. The van der Waals surface area contributed by atoms with Crippen molar-refractivity contribution in [2.24, 2.45) is 0 Å². The third-order valence-electron chi connectivity index (χ3n) is 2.25. The molecule has 0 aliphatic heterocycles. The molecule has 0 aliphatic rings. The Kier molecular flexibility index (Phi) is 4.72. The maximum atomic E-state index is 13.4. The molecule has 0 spiro atoms. The summed E-state index contributed by atoms with van der Waals surface area (Å²) in [6.07, 6.45) is -0.228. The van der Waals surface area contributed by atoms with Crippen LogP contribution in [0.4, 0.5) is 4.39 Å². The number of hydrogen-bond donors (Lipinski definition) is 1. The predicted molar refractivity (Wildman–Crippen MR) is 59.3 cm³/mol. The Hall–Kier alpha value is -0.930. The van der Waals surface area contributed by atoms with Crippen LogP contribution in [0, 0.1) is 5.82 Å². The summed E-state index contributed by atoms with van der Waals surface area (Å²) in [7, 11) is 1.60. The van der Waals surface area contributed by atoms with Gasteiger partial charge < -0.3 is 10.1 Å². The molecule has 1 aromatic rings. The number of nitrogens with one attached hydrogen (secondary N) is 1. The SMILES string of the molecule is COC(CNC(C)C)c1ccccc1F. The van der Waals surface area contributed by atoms with Crippen LogP contribution in [0.1, 0.15) is 25.5 Å². The lowest BCUT2D eigenvalue weighted by Crippen LogP contribution is -2.29. The van der Waals surface area contributed by atoms with Crippen LogP contribution < -0.4 is 5.32 Å². The van der Waals surface area contributed by atoms with E-state index in [9.17, 15) is 4.39 Å². The molecule has 1 unspecified atom stereocenters. The maximum Gasteiger partial charge on any atom is 0.129 e. The van der Waals surface area contributed by atoms with E-state index >= 15 is 0 Å². The molecule has 0 saturated heterocycles. The third-order valence-corrected chi connectivity index (χ3v) is 2.25. The fourth-order valence-corrected chi connectivity index (χ4v) is 1.40. The summed E-state index contributed by atoms with van der Waals surface area (Å²) in [6.45, 7) is 4.72. The molecule has 0 radical (unpaired) electrons. The van der Waals surface area contributed by atoms with Gasteiger partial charge >= 0.3 is 0 Å². The molecule has 84 valence electrons. The number of hydrogen-bond acceptors (Lipinski definition) is 2. The normalized spacial score (nSPS) is 13.1. The quantitative estimate of drug-likeness (QED) is 0.808. The van der Waals surface area contributed by atoms with Gasteiger partial charge in [-0.05, 0) is 6.07 Å². The van der Waals surface area contributed by atoms with Crippen molar-refractivity contribution >= 4 is 0 Å². The first kappa shape index (κ1) is 12.1. The number of methoxy groups -OCH3 is 1. The van der Waals surface area contributed by atoms with Crippen LogP contribution in [0.15, 0.2) is 24.3 Å². The molecule has 3 heteroatoms. The Bertz CT molecular complexity index is 301. The minimum absolute atomic E-state index is 0.213. The van der Waals surface area contributed by atoms with Crippen molar-refractivity contribution in [1.82, 2.24) is 5.32 Å². The van der Waals surface area contributed by atoms with E-state index in [0.717, 1.165) is 0 Å². The molecule has 0 fully saturated rings. The summed E-state index contributed by atoms with van der Waals surface area (Å²) in [5.41, 5.74) is 0.605. The highest BCUT2D eigenvalue weighted by Gasteiger charge is 2.14. The standard InChI is InChI=1S/C12H18FNO/c1-9(2)14-8-12(15-3)10-6-4-5-7-11(10)13/h4-7,9,12,14H,8H2,1-3H3. The average molecular weight is 211 g/mol. The fraction of sp³-hybridized carbons (Fsp3) is 0.500. The van der Waals surface area contributed by atoms with E-state index < -0.39 is 0 Å². The van der Waals surface area contributed by atoms with Crippen LogP contribution in [0.2, 0.25) is 0 Å². The van der Waals surface area contributed by atoms with Crippen molar-refractivity contribution < 1.29 is 9.13 Å². The topological polar surface area (TPSA) is 21.3 Å². The lowest BCUT2D eigenvalue weighted by molar-refractivity contribution is 0.0973. The van der Waals surface area contributed by atoms with Gasteiger partial charge in [0, 0.05) is 25.3 Å². The van der Waals surface area contributed by atoms with Gasteiger partial charge in [-0.25, -0.2) is 4.39 Å². The minimum Gasteiger partial charge on any atom is -0.375 e. The molecule has 0 saturated carbocycles.